The molecule has 0 aliphatic carbocycles. The monoisotopic (exact) mass is 552 g/mol. The van der Waals surface area contributed by atoms with Crippen LogP contribution in [0.1, 0.15) is 80.2 Å². The second-order valence-corrected chi connectivity index (χ2v) is 23.3. The number of benzene rings is 1. The summed E-state index contributed by atoms with van der Waals surface area (Å²) in [5.74, 6) is 1.08. The first-order valence-electron chi connectivity index (χ1n) is 13.9. The molecule has 0 aliphatic rings. The fraction of sp³-hybridized carbons (Fsp3) is 0.767. The normalized spacial score (nSPS) is 15.9. The molecule has 0 saturated carbocycles. The van der Waals surface area contributed by atoms with Crippen molar-refractivity contribution in [2.24, 2.45) is 11.8 Å². The van der Waals surface area contributed by atoms with Gasteiger partial charge in [-0.05, 0) is 79.1 Å². The zero-order chi connectivity index (χ0) is 28.7. The summed E-state index contributed by atoms with van der Waals surface area (Å²) in [6.07, 6.45) is 3.17. The number of carbonyl (C=O) groups is 1. The Morgan fingerprint density at radius 1 is 0.838 bits per heavy atom. The van der Waals surface area contributed by atoms with Crippen LogP contribution in [0.15, 0.2) is 24.3 Å². The lowest BCUT2D eigenvalue weighted by molar-refractivity contribution is -0.111. The van der Waals surface area contributed by atoms with Gasteiger partial charge in [-0.25, -0.2) is 0 Å². The lowest BCUT2D eigenvalue weighted by atomic mass is 9.91. The summed E-state index contributed by atoms with van der Waals surface area (Å²) in [5, 5.41) is 0.192. The first kappa shape index (κ1) is 34.0. The summed E-state index contributed by atoms with van der Waals surface area (Å²) in [5.41, 5.74) is 1.10. The van der Waals surface area contributed by atoms with Crippen molar-refractivity contribution >= 4 is 22.9 Å². The second-order valence-electron chi connectivity index (χ2n) is 13.8. The molecule has 0 bridgehead atoms. The van der Waals surface area contributed by atoms with Gasteiger partial charge in [-0.15, -0.1) is 0 Å². The first-order valence-corrected chi connectivity index (χ1v) is 19.7. The Hall–Kier alpha value is -0.996. The third kappa shape index (κ3) is 11.0. The molecule has 7 heteroatoms. The van der Waals surface area contributed by atoms with Gasteiger partial charge < -0.3 is 23.1 Å². The van der Waals surface area contributed by atoms with Crippen molar-refractivity contribution in [3.63, 3.8) is 0 Å². The molecule has 214 valence electrons. The molecule has 0 amide bonds. The second kappa shape index (κ2) is 13.9. The molecule has 3 atom stereocenters. The Morgan fingerprint density at radius 2 is 1.32 bits per heavy atom. The van der Waals surface area contributed by atoms with Crippen molar-refractivity contribution in [2.75, 3.05) is 7.11 Å². The lowest BCUT2D eigenvalue weighted by Crippen LogP contribution is -2.50. The van der Waals surface area contributed by atoms with Crippen LogP contribution in [0, 0.1) is 11.8 Å². The fourth-order valence-electron chi connectivity index (χ4n) is 3.70. The molecule has 0 heterocycles. The first-order chi connectivity index (χ1) is 16.8. The highest BCUT2D eigenvalue weighted by atomic mass is 28.4. The topological polar surface area (TPSA) is 54.0 Å². The molecule has 0 aliphatic heterocycles. The highest BCUT2D eigenvalue weighted by Crippen LogP contribution is 2.41. The van der Waals surface area contributed by atoms with Crippen molar-refractivity contribution in [2.45, 2.75) is 130 Å². The van der Waals surface area contributed by atoms with Crippen LogP contribution in [0.5, 0.6) is 5.75 Å². The molecule has 1 aromatic rings. The average molecular weight is 553 g/mol. The predicted molar refractivity (Wildman–Crippen MR) is 160 cm³/mol. The number of methoxy groups -OCH3 is 1. The third-order valence-corrected chi connectivity index (χ3v) is 17.3. The highest BCUT2D eigenvalue weighted by molar-refractivity contribution is 6.75. The maximum Gasteiger partial charge on any atom is 0.195 e. The maximum absolute atomic E-state index is 11.4. The van der Waals surface area contributed by atoms with Gasteiger partial charge in [0.25, 0.3) is 0 Å². The zero-order valence-corrected chi connectivity index (χ0v) is 28.1. The van der Waals surface area contributed by atoms with Crippen LogP contribution < -0.4 is 4.74 Å². The molecular formula is C30H56O5Si2. The molecule has 3 unspecified atom stereocenters. The van der Waals surface area contributed by atoms with E-state index in [2.05, 4.69) is 74.7 Å². The smallest absolute Gasteiger partial charge is 0.195 e. The number of hydrogen-bond acceptors (Lipinski definition) is 5. The van der Waals surface area contributed by atoms with Crippen LogP contribution in [0.3, 0.4) is 0 Å². The molecule has 0 aromatic heterocycles. The predicted octanol–water partition coefficient (Wildman–Crippen LogP) is 8.59. The Bertz CT molecular complexity index is 781. The van der Waals surface area contributed by atoms with Gasteiger partial charge in [0.2, 0.25) is 0 Å². The summed E-state index contributed by atoms with van der Waals surface area (Å²) in [6, 6.07) is 8.00. The fourth-order valence-corrected chi connectivity index (χ4v) is 6.15. The molecule has 0 fully saturated rings. The minimum absolute atomic E-state index is 0.00182. The van der Waals surface area contributed by atoms with Gasteiger partial charge >= 0.3 is 0 Å². The summed E-state index contributed by atoms with van der Waals surface area (Å²) in [4.78, 5) is 11.4. The minimum Gasteiger partial charge on any atom is -0.497 e. The summed E-state index contributed by atoms with van der Waals surface area (Å²) in [6.45, 7) is 27.5. The highest BCUT2D eigenvalue weighted by Gasteiger charge is 2.44. The Morgan fingerprint density at radius 3 is 1.73 bits per heavy atom. The summed E-state index contributed by atoms with van der Waals surface area (Å²) >= 11 is 0. The van der Waals surface area contributed by atoms with E-state index in [9.17, 15) is 4.79 Å². The Labute approximate surface area is 230 Å². The van der Waals surface area contributed by atoms with Gasteiger partial charge in [-0.3, -0.25) is 0 Å². The van der Waals surface area contributed by atoms with E-state index in [1.807, 2.05) is 31.2 Å². The van der Waals surface area contributed by atoms with Crippen molar-refractivity contribution < 1.29 is 23.1 Å². The van der Waals surface area contributed by atoms with Crippen molar-refractivity contribution in [1.29, 1.82) is 0 Å². The van der Waals surface area contributed by atoms with E-state index < -0.39 is 16.6 Å². The van der Waals surface area contributed by atoms with Gasteiger partial charge in [0, 0.05) is 5.92 Å². The number of carbonyl (C=O) groups excluding carboxylic acids is 1. The molecule has 5 nitrogen and oxygen atoms in total. The molecule has 1 aromatic carbocycles. The Balaban J connectivity index is 3.12. The molecule has 0 N–H and O–H groups in total. The van der Waals surface area contributed by atoms with E-state index in [1.165, 1.54) is 0 Å². The van der Waals surface area contributed by atoms with E-state index in [-0.39, 0.29) is 34.3 Å². The van der Waals surface area contributed by atoms with E-state index in [4.69, 9.17) is 18.3 Å². The van der Waals surface area contributed by atoms with Gasteiger partial charge in [0.05, 0.1) is 19.8 Å². The number of ether oxygens (including phenoxy) is 2. The van der Waals surface area contributed by atoms with Crippen LogP contribution in [-0.2, 0) is 25.0 Å². The molecule has 1 rings (SSSR count). The standard InChI is InChI=1S/C30H56O5Si2/c1-23(21-31)20-24(2)27(33-22-25-14-16-26(32-9)17-15-25)18-19-28(34-36(10,11)29(3,4)5)35-37(12,13)30(6,7)8/h14-17,21,23-24,27-28H,18-20,22H2,1-13H3. The zero-order valence-electron chi connectivity index (χ0n) is 26.1. The van der Waals surface area contributed by atoms with Crippen LogP contribution in [0.4, 0.5) is 0 Å². The van der Waals surface area contributed by atoms with Crippen molar-refractivity contribution in [3.05, 3.63) is 29.8 Å². The minimum atomic E-state index is -2.04. The maximum atomic E-state index is 11.4. The van der Waals surface area contributed by atoms with Crippen LogP contribution >= 0.6 is 0 Å². The van der Waals surface area contributed by atoms with Crippen LogP contribution in [0.2, 0.25) is 36.3 Å². The number of rotatable bonds is 15. The SMILES string of the molecule is COc1ccc(COC(CCC(O[Si](C)(C)C(C)(C)C)O[Si](C)(C)C(C)(C)C)C(C)CC(C)C=O)cc1. The number of hydrogen-bond donors (Lipinski definition) is 0. The van der Waals surface area contributed by atoms with Gasteiger partial charge in [0.15, 0.2) is 16.6 Å². The van der Waals surface area contributed by atoms with Gasteiger partial charge in [-0.2, -0.15) is 0 Å². The molecule has 37 heavy (non-hydrogen) atoms. The van der Waals surface area contributed by atoms with E-state index in [1.54, 1.807) is 7.11 Å². The van der Waals surface area contributed by atoms with E-state index >= 15 is 0 Å². The van der Waals surface area contributed by atoms with E-state index in [0.29, 0.717) is 6.61 Å². The molecule has 0 radical (unpaired) electrons. The molecule has 0 saturated heterocycles. The molecule has 0 spiro atoms. The van der Waals surface area contributed by atoms with Gasteiger partial charge in [0.1, 0.15) is 18.3 Å². The van der Waals surface area contributed by atoms with E-state index in [0.717, 1.165) is 36.9 Å². The average Bonchev–Trinajstić information content (AvgIpc) is 2.77. The largest absolute Gasteiger partial charge is 0.497 e. The summed E-state index contributed by atoms with van der Waals surface area (Å²) < 4.78 is 25.6. The van der Waals surface area contributed by atoms with Gasteiger partial charge in [-0.1, -0.05) is 67.5 Å². The number of aldehydes is 1. The molecular weight excluding hydrogens is 496 g/mol. The third-order valence-electron chi connectivity index (χ3n) is 8.39. The van der Waals surface area contributed by atoms with Crippen molar-refractivity contribution in [3.8, 4) is 5.75 Å². The van der Waals surface area contributed by atoms with Crippen molar-refractivity contribution in [1.82, 2.24) is 0 Å². The Kier molecular flexibility index (Phi) is 12.8. The van der Waals surface area contributed by atoms with Crippen LogP contribution in [0.25, 0.3) is 0 Å². The quantitative estimate of drug-likeness (QED) is 0.124. The summed E-state index contributed by atoms with van der Waals surface area (Å²) in [7, 11) is -2.41. The van der Waals surface area contributed by atoms with Crippen LogP contribution in [-0.4, -0.2) is 42.4 Å². The lowest BCUT2D eigenvalue weighted by Gasteiger charge is -2.44.